The van der Waals surface area contributed by atoms with Gasteiger partial charge in [0.25, 0.3) is 0 Å². The van der Waals surface area contributed by atoms with Crippen LogP contribution in [0.4, 0.5) is 10.1 Å². The molecule has 0 bridgehead atoms. The van der Waals surface area contributed by atoms with E-state index in [2.05, 4.69) is 0 Å². The topological polar surface area (TPSA) is 83.6 Å². The van der Waals surface area contributed by atoms with Gasteiger partial charge in [0.1, 0.15) is 5.82 Å². The predicted molar refractivity (Wildman–Crippen MR) is 67.5 cm³/mol. The summed E-state index contributed by atoms with van der Waals surface area (Å²) >= 11 is 0. The molecule has 1 fully saturated rings. The summed E-state index contributed by atoms with van der Waals surface area (Å²) in [5, 5.41) is 9.11. The first-order valence-corrected chi connectivity index (χ1v) is 6.06. The quantitative estimate of drug-likeness (QED) is 0.861. The van der Waals surface area contributed by atoms with Crippen molar-refractivity contribution in [3.63, 3.8) is 0 Å². The SMILES string of the molecule is NC(=O)C1CCCN(c2c(F)cccc2C(=O)O)C1. The molecule has 0 spiro atoms. The molecule has 1 aromatic rings. The first-order chi connectivity index (χ1) is 9.00. The van der Waals surface area contributed by atoms with Gasteiger partial charge in [0.15, 0.2) is 0 Å². The number of halogens is 1. The average Bonchev–Trinajstić information content (AvgIpc) is 2.38. The number of primary amides is 1. The molecule has 1 aliphatic heterocycles. The van der Waals surface area contributed by atoms with Gasteiger partial charge < -0.3 is 15.7 Å². The van der Waals surface area contributed by atoms with Crippen molar-refractivity contribution in [1.82, 2.24) is 0 Å². The maximum absolute atomic E-state index is 13.9. The van der Waals surface area contributed by atoms with E-state index in [0.717, 1.165) is 0 Å². The third kappa shape index (κ3) is 2.67. The van der Waals surface area contributed by atoms with Crippen LogP contribution in [0.2, 0.25) is 0 Å². The molecule has 6 heteroatoms. The van der Waals surface area contributed by atoms with E-state index >= 15 is 0 Å². The fourth-order valence-corrected chi connectivity index (χ4v) is 2.42. The number of nitrogens with two attached hydrogens (primary N) is 1. The van der Waals surface area contributed by atoms with Crippen molar-refractivity contribution in [1.29, 1.82) is 0 Å². The van der Waals surface area contributed by atoms with Gasteiger partial charge in [0.2, 0.25) is 5.91 Å². The Hall–Kier alpha value is -2.11. The number of para-hydroxylation sites is 1. The molecule has 1 amide bonds. The second-order valence-corrected chi connectivity index (χ2v) is 4.63. The highest BCUT2D eigenvalue weighted by Crippen LogP contribution is 2.29. The number of nitrogens with zero attached hydrogens (tertiary/aromatic N) is 1. The van der Waals surface area contributed by atoms with Crippen LogP contribution >= 0.6 is 0 Å². The number of piperidine rings is 1. The van der Waals surface area contributed by atoms with Crippen LogP contribution in [0.1, 0.15) is 23.2 Å². The van der Waals surface area contributed by atoms with Crippen LogP contribution in [0.15, 0.2) is 18.2 Å². The zero-order valence-corrected chi connectivity index (χ0v) is 10.3. The van der Waals surface area contributed by atoms with Gasteiger partial charge in [-0.1, -0.05) is 6.07 Å². The van der Waals surface area contributed by atoms with Gasteiger partial charge in [0.05, 0.1) is 17.2 Å². The number of rotatable bonds is 3. The monoisotopic (exact) mass is 266 g/mol. The third-order valence-electron chi connectivity index (χ3n) is 3.36. The fourth-order valence-electron chi connectivity index (χ4n) is 2.42. The number of amides is 1. The lowest BCUT2D eigenvalue weighted by molar-refractivity contribution is -0.122. The fraction of sp³-hybridized carbons (Fsp3) is 0.385. The number of hydrogen-bond donors (Lipinski definition) is 2. The van der Waals surface area contributed by atoms with E-state index in [0.29, 0.717) is 19.4 Å². The second-order valence-electron chi connectivity index (χ2n) is 4.63. The number of carbonyl (C=O) groups is 2. The minimum absolute atomic E-state index is 0.0425. The summed E-state index contributed by atoms with van der Waals surface area (Å²) in [5.74, 6) is -2.58. The summed E-state index contributed by atoms with van der Waals surface area (Å²) in [6, 6.07) is 3.93. The Balaban J connectivity index is 2.35. The van der Waals surface area contributed by atoms with Crippen LogP contribution in [0.3, 0.4) is 0 Å². The van der Waals surface area contributed by atoms with Crippen LogP contribution < -0.4 is 10.6 Å². The van der Waals surface area contributed by atoms with Crippen molar-refractivity contribution in [3.8, 4) is 0 Å². The molecule has 102 valence electrons. The van der Waals surface area contributed by atoms with Gasteiger partial charge >= 0.3 is 5.97 Å². The lowest BCUT2D eigenvalue weighted by Gasteiger charge is -2.33. The summed E-state index contributed by atoms with van der Waals surface area (Å²) in [5.41, 5.74) is 5.22. The smallest absolute Gasteiger partial charge is 0.337 e. The molecule has 0 aromatic heterocycles. The molecule has 0 saturated carbocycles. The van der Waals surface area contributed by atoms with Crippen molar-refractivity contribution in [2.24, 2.45) is 11.7 Å². The molecule has 5 nitrogen and oxygen atoms in total. The highest BCUT2D eigenvalue weighted by Gasteiger charge is 2.28. The van der Waals surface area contributed by atoms with Crippen molar-refractivity contribution in [2.75, 3.05) is 18.0 Å². The van der Waals surface area contributed by atoms with Gasteiger partial charge in [-0.05, 0) is 25.0 Å². The molecule has 1 unspecified atom stereocenters. The minimum Gasteiger partial charge on any atom is -0.478 e. The molecule has 1 heterocycles. The van der Waals surface area contributed by atoms with E-state index in [9.17, 15) is 14.0 Å². The molecule has 1 aliphatic rings. The first-order valence-electron chi connectivity index (χ1n) is 6.06. The Kier molecular flexibility index (Phi) is 3.69. The van der Waals surface area contributed by atoms with Crippen molar-refractivity contribution in [2.45, 2.75) is 12.8 Å². The normalized spacial score (nSPS) is 19.2. The summed E-state index contributed by atoms with van der Waals surface area (Å²) in [4.78, 5) is 24.0. The molecular weight excluding hydrogens is 251 g/mol. The van der Waals surface area contributed by atoms with Crippen molar-refractivity contribution >= 4 is 17.6 Å². The second kappa shape index (κ2) is 5.26. The Morgan fingerprint density at radius 3 is 2.79 bits per heavy atom. The van der Waals surface area contributed by atoms with Crippen molar-refractivity contribution in [3.05, 3.63) is 29.6 Å². The Labute approximate surface area is 109 Å². The Morgan fingerprint density at radius 2 is 2.16 bits per heavy atom. The highest BCUT2D eigenvalue weighted by molar-refractivity contribution is 5.94. The Morgan fingerprint density at radius 1 is 1.42 bits per heavy atom. The molecule has 1 atom stereocenters. The standard InChI is InChI=1S/C13H15FN2O3/c14-10-5-1-4-9(13(18)19)11(10)16-6-2-3-8(7-16)12(15)17/h1,4-5,8H,2-3,6-7H2,(H2,15,17)(H,18,19). The van der Waals surface area contributed by atoms with E-state index in [4.69, 9.17) is 10.8 Å². The van der Waals surface area contributed by atoms with Gasteiger partial charge in [-0.15, -0.1) is 0 Å². The van der Waals surface area contributed by atoms with Crippen LogP contribution in [0.25, 0.3) is 0 Å². The number of carbonyl (C=O) groups excluding carboxylic acids is 1. The average molecular weight is 266 g/mol. The van der Waals surface area contributed by atoms with Crippen LogP contribution in [0, 0.1) is 11.7 Å². The van der Waals surface area contributed by atoms with E-state index < -0.39 is 17.7 Å². The molecule has 0 aliphatic carbocycles. The number of benzene rings is 1. The van der Waals surface area contributed by atoms with E-state index in [1.807, 2.05) is 0 Å². The van der Waals surface area contributed by atoms with Gasteiger partial charge in [-0.2, -0.15) is 0 Å². The first kappa shape index (κ1) is 13.3. The lowest BCUT2D eigenvalue weighted by atomic mass is 9.96. The largest absolute Gasteiger partial charge is 0.478 e. The molecule has 1 saturated heterocycles. The zero-order valence-electron chi connectivity index (χ0n) is 10.3. The van der Waals surface area contributed by atoms with Crippen molar-refractivity contribution < 1.29 is 19.1 Å². The Bertz CT molecular complexity index is 519. The van der Waals surface area contributed by atoms with Gasteiger partial charge in [-0.25, -0.2) is 9.18 Å². The third-order valence-corrected chi connectivity index (χ3v) is 3.36. The van der Waals surface area contributed by atoms with Crippen LogP contribution in [-0.4, -0.2) is 30.1 Å². The minimum atomic E-state index is -1.18. The number of carboxylic acid groups (broad SMARTS) is 1. The summed E-state index contributed by atoms with van der Waals surface area (Å²) in [6.45, 7) is 0.779. The predicted octanol–water partition coefficient (Wildman–Crippen LogP) is 1.23. The maximum atomic E-state index is 13.9. The summed E-state index contributed by atoms with van der Waals surface area (Å²) in [7, 11) is 0. The van der Waals surface area contributed by atoms with Gasteiger partial charge in [-0.3, -0.25) is 4.79 Å². The van der Waals surface area contributed by atoms with E-state index in [-0.39, 0.29) is 23.7 Å². The molecule has 3 N–H and O–H groups in total. The molecule has 2 rings (SSSR count). The van der Waals surface area contributed by atoms with Crippen LogP contribution in [0.5, 0.6) is 0 Å². The zero-order chi connectivity index (χ0) is 14.0. The lowest BCUT2D eigenvalue weighted by Crippen LogP contribution is -2.42. The van der Waals surface area contributed by atoms with Gasteiger partial charge in [0, 0.05) is 13.1 Å². The number of aromatic carboxylic acids is 1. The molecule has 19 heavy (non-hydrogen) atoms. The molecular formula is C13H15FN2O3. The number of anilines is 1. The highest BCUT2D eigenvalue weighted by atomic mass is 19.1. The maximum Gasteiger partial charge on any atom is 0.337 e. The molecule has 0 radical (unpaired) electrons. The molecule has 1 aromatic carbocycles. The van der Waals surface area contributed by atoms with E-state index in [1.165, 1.54) is 18.2 Å². The van der Waals surface area contributed by atoms with Crippen LogP contribution in [-0.2, 0) is 4.79 Å². The summed E-state index contributed by atoms with van der Waals surface area (Å²) < 4.78 is 13.9. The number of carboxylic acids is 1. The van der Waals surface area contributed by atoms with E-state index in [1.54, 1.807) is 4.90 Å². The summed E-state index contributed by atoms with van der Waals surface area (Å²) in [6.07, 6.45) is 1.34. The number of hydrogen-bond acceptors (Lipinski definition) is 3.